The van der Waals surface area contributed by atoms with Crippen molar-refractivity contribution in [1.29, 1.82) is 0 Å². The molecule has 92 valence electrons. The lowest BCUT2D eigenvalue weighted by molar-refractivity contribution is -0.142. The number of aliphatic carboxylic acids is 1. The van der Waals surface area contributed by atoms with Gasteiger partial charge >= 0.3 is 5.97 Å². The van der Waals surface area contributed by atoms with E-state index < -0.39 is 24.5 Å². The number of carbonyl (C=O) groups excluding carboxylic acids is 1. The predicted octanol–water partition coefficient (Wildman–Crippen LogP) is 0.0264. The van der Waals surface area contributed by atoms with Gasteiger partial charge in [0.15, 0.2) is 6.04 Å². The van der Waals surface area contributed by atoms with Gasteiger partial charge in [-0.25, -0.2) is 9.78 Å². The molecular weight excluding hydrogens is 244 g/mol. The Kier molecular flexibility index (Phi) is 4.80. The molecule has 1 aromatic rings. The highest BCUT2D eigenvalue weighted by molar-refractivity contribution is 7.09. The minimum atomic E-state index is -1.29. The first-order valence-corrected chi connectivity index (χ1v) is 5.65. The number of aryl methyl sites for hydroxylation is 1. The van der Waals surface area contributed by atoms with Crippen LogP contribution in [0, 0.1) is 6.92 Å². The standard InChI is InChI=1S/C10H12N2O4S/c1-6-11-7(5-17-6)2-3-9(14)12-8(4-13)10(15)16/h2-3,5,8,13H,4H2,1H3,(H,12,14)(H,15,16)/b3-2+. The van der Waals surface area contributed by atoms with Crippen molar-refractivity contribution in [3.8, 4) is 0 Å². The number of aromatic nitrogens is 1. The number of carbonyl (C=O) groups is 2. The maximum atomic E-state index is 11.3. The minimum absolute atomic E-state index is 0.586. The lowest BCUT2D eigenvalue weighted by atomic mass is 10.3. The van der Waals surface area contributed by atoms with Gasteiger partial charge in [0, 0.05) is 11.5 Å². The molecule has 17 heavy (non-hydrogen) atoms. The highest BCUT2D eigenvalue weighted by Gasteiger charge is 2.16. The molecule has 1 rings (SSSR count). The highest BCUT2D eigenvalue weighted by atomic mass is 32.1. The van der Waals surface area contributed by atoms with Crippen LogP contribution >= 0.6 is 11.3 Å². The van der Waals surface area contributed by atoms with Crippen LogP contribution in [-0.2, 0) is 9.59 Å². The molecule has 0 aliphatic carbocycles. The fourth-order valence-electron chi connectivity index (χ4n) is 1.02. The number of carboxylic acids is 1. The Balaban J connectivity index is 2.54. The van der Waals surface area contributed by atoms with E-state index in [-0.39, 0.29) is 0 Å². The largest absolute Gasteiger partial charge is 0.480 e. The van der Waals surface area contributed by atoms with Gasteiger partial charge in [0.1, 0.15) is 0 Å². The van der Waals surface area contributed by atoms with Crippen LogP contribution in [-0.4, -0.2) is 39.7 Å². The molecule has 0 bridgehead atoms. The molecule has 0 radical (unpaired) electrons. The maximum Gasteiger partial charge on any atom is 0.328 e. The van der Waals surface area contributed by atoms with E-state index in [1.165, 1.54) is 23.5 Å². The second-order valence-electron chi connectivity index (χ2n) is 3.21. The van der Waals surface area contributed by atoms with Gasteiger partial charge in [-0.2, -0.15) is 0 Å². The molecule has 1 heterocycles. The summed E-state index contributed by atoms with van der Waals surface area (Å²) in [7, 11) is 0. The zero-order valence-electron chi connectivity index (χ0n) is 9.08. The number of aliphatic hydroxyl groups is 1. The summed E-state index contributed by atoms with van der Waals surface area (Å²) in [6.07, 6.45) is 2.66. The normalized spacial score (nSPS) is 12.6. The minimum Gasteiger partial charge on any atom is -0.480 e. The van der Waals surface area contributed by atoms with Crippen LogP contribution in [0.5, 0.6) is 0 Å². The first-order valence-electron chi connectivity index (χ1n) is 4.77. The number of carboxylic acid groups (broad SMARTS) is 1. The quantitative estimate of drug-likeness (QED) is 0.645. The number of nitrogens with zero attached hydrogens (tertiary/aromatic N) is 1. The van der Waals surface area contributed by atoms with Crippen molar-refractivity contribution in [3.05, 3.63) is 22.2 Å². The van der Waals surface area contributed by atoms with Crippen molar-refractivity contribution in [2.45, 2.75) is 13.0 Å². The van der Waals surface area contributed by atoms with E-state index in [1.54, 1.807) is 5.38 Å². The van der Waals surface area contributed by atoms with Gasteiger partial charge in [-0.1, -0.05) is 0 Å². The van der Waals surface area contributed by atoms with Crippen molar-refractivity contribution in [2.24, 2.45) is 0 Å². The SMILES string of the molecule is Cc1nc(/C=C/C(=O)NC(CO)C(=O)O)cs1. The van der Waals surface area contributed by atoms with Crippen LogP contribution in [0.3, 0.4) is 0 Å². The molecule has 0 aliphatic rings. The van der Waals surface area contributed by atoms with Crippen LogP contribution in [0.4, 0.5) is 0 Å². The second kappa shape index (κ2) is 6.12. The van der Waals surface area contributed by atoms with E-state index in [0.717, 1.165) is 5.01 Å². The Morgan fingerprint density at radius 2 is 2.35 bits per heavy atom. The van der Waals surface area contributed by atoms with E-state index in [9.17, 15) is 9.59 Å². The molecule has 1 aromatic heterocycles. The Morgan fingerprint density at radius 1 is 1.65 bits per heavy atom. The predicted molar refractivity (Wildman–Crippen MR) is 62.5 cm³/mol. The van der Waals surface area contributed by atoms with Crippen molar-refractivity contribution >= 4 is 29.3 Å². The molecule has 0 saturated carbocycles. The molecule has 0 spiro atoms. The van der Waals surface area contributed by atoms with E-state index in [0.29, 0.717) is 5.69 Å². The van der Waals surface area contributed by atoms with Gasteiger partial charge in [0.2, 0.25) is 5.91 Å². The average molecular weight is 256 g/mol. The summed E-state index contributed by atoms with van der Waals surface area (Å²) in [5.74, 6) is -1.86. The van der Waals surface area contributed by atoms with Crippen LogP contribution in [0.25, 0.3) is 6.08 Å². The van der Waals surface area contributed by atoms with Crippen LogP contribution in [0.2, 0.25) is 0 Å². The van der Waals surface area contributed by atoms with E-state index in [2.05, 4.69) is 10.3 Å². The number of rotatable bonds is 5. The molecule has 1 unspecified atom stereocenters. The molecule has 1 atom stereocenters. The lowest BCUT2D eigenvalue weighted by Gasteiger charge is -2.08. The van der Waals surface area contributed by atoms with Gasteiger partial charge in [-0.3, -0.25) is 4.79 Å². The number of aliphatic hydroxyl groups excluding tert-OH is 1. The summed E-state index contributed by atoms with van der Waals surface area (Å²) in [5.41, 5.74) is 0.638. The molecule has 6 nitrogen and oxygen atoms in total. The molecule has 3 N–H and O–H groups in total. The average Bonchev–Trinajstić information content (AvgIpc) is 2.68. The Morgan fingerprint density at radius 3 is 2.82 bits per heavy atom. The van der Waals surface area contributed by atoms with Gasteiger partial charge in [0.25, 0.3) is 0 Å². The van der Waals surface area contributed by atoms with Crippen molar-refractivity contribution in [2.75, 3.05) is 6.61 Å². The third-order valence-electron chi connectivity index (χ3n) is 1.84. The summed E-state index contributed by atoms with van der Waals surface area (Å²) in [5, 5.41) is 22.1. The summed E-state index contributed by atoms with van der Waals surface area (Å²) in [4.78, 5) is 25.9. The van der Waals surface area contributed by atoms with E-state index in [1.807, 2.05) is 6.92 Å². The number of thiazole rings is 1. The van der Waals surface area contributed by atoms with Gasteiger partial charge < -0.3 is 15.5 Å². The first kappa shape index (κ1) is 13.3. The van der Waals surface area contributed by atoms with Gasteiger partial charge in [-0.05, 0) is 13.0 Å². The van der Waals surface area contributed by atoms with E-state index in [4.69, 9.17) is 10.2 Å². The fraction of sp³-hybridized carbons (Fsp3) is 0.300. The zero-order chi connectivity index (χ0) is 12.8. The van der Waals surface area contributed by atoms with Crippen molar-refractivity contribution in [3.63, 3.8) is 0 Å². The molecule has 0 aromatic carbocycles. The molecule has 7 heteroatoms. The third kappa shape index (κ3) is 4.33. The Hall–Kier alpha value is -1.73. The summed E-state index contributed by atoms with van der Waals surface area (Å²) >= 11 is 1.45. The Bertz CT molecular complexity index is 441. The lowest BCUT2D eigenvalue weighted by Crippen LogP contribution is -2.42. The monoisotopic (exact) mass is 256 g/mol. The molecule has 0 fully saturated rings. The van der Waals surface area contributed by atoms with Crippen molar-refractivity contribution in [1.82, 2.24) is 10.3 Å². The number of hydrogen-bond donors (Lipinski definition) is 3. The first-order chi connectivity index (χ1) is 8.02. The molecule has 0 aliphatic heterocycles. The van der Waals surface area contributed by atoms with Gasteiger partial charge in [0.05, 0.1) is 17.3 Å². The summed E-state index contributed by atoms with van der Waals surface area (Å²) in [6.45, 7) is 1.19. The second-order valence-corrected chi connectivity index (χ2v) is 4.27. The van der Waals surface area contributed by atoms with E-state index >= 15 is 0 Å². The van der Waals surface area contributed by atoms with Gasteiger partial charge in [-0.15, -0.1) is 11.3 Å². The fourth-order valence-corrected chi connectivity index (χ4v) is 1.60. The smallest absolute Gasteiger partial charge is 0.328 e. The third-order valence-corrected chi connectivity index (χ3v) is 2.63. The summed E-state index contributed by atoms with van der Waals surface area (Å²) < 4.78 is 0. The summed E-state index contributed by atoms with van der Waals surface area (Å²) in [6, 6.07) is -1.29. The highest BCUT2D eigenvalue weighted by Crippen LogP contribution is 2.08. The van der Waals surface area contributed by atoms with Crippen LogP contribution < -0.4 is 5.32 Å². The number of nitrogens with one attached hydrogen (secondary N) is 1. The molecule has 0 saturated heterocycles. The number of hydrogen-bond acceptors (Lipinski definition) is 5. The zero-order valence-corrected chi connectivity index (χ0v) is 9.90. The molecule has 1 amide bonds. The maximum absolute atomic E-state index is 11.3. The topological polar surface area (TPSA) is 99.5 Å². The molecular formula is C10H12N2O4S. The van der Waals surface area contributed by atoms with Crippen molar-refractivity contribution < 1.29 is 19.8 Å². The van der Waals surface area contributed by atoms with Crippen LogP contribution in [0.15, 0.2) is 11.5 Å². The Labute approximate surface area is 102 Å². The number of amides is 1. The van der Waals surface area contributed by atoms with Crippen LogP contribution in [0.1, 0.15) is 10.7 Å².